The van der Waals surface area contributed by atoms with Crippen molar-refractivity contribution < 1.29 is 9.59 Å². The largest absolute Gasteiger partial charge is 0.325 e. The van der Waals surface area contributed by atoms with Gasteiger partial charge in [0.05, 0.1) is 21.4 Å². The smallest absolute Gasteiger partial charge is 0.224 e. The molecule has 0 aliphatic rings. The van der Waals surface area contributed by atoms with Crippen LogP contribution in [0.3, 0.4) is 0 Å². The zero-order valence-corrected chi connectivity index (χ0v) is 15.4. The summed E-state index contributed by atoms with van der Waals surface area (Å²) >= 11 is 12.0. The van der Waals surface area contributed by atoms with E-state index in [4.69, 9.17) is 23.2 Å². The Hall–Kier alpha value is -2.04. The van der Waals surface area contributed by atoms with Gasteiger partial charge in [0.1, 0.15) is 0 Å². The topological polar surface area (TPSA) is 58.2 Å². The molecule has 0 heterocycles. The number of hydrogen-bond donors (Lipinski definition) is 2. The van der Waals surface area contributed by atoms with Crippen LogP contribution in [0, 0.1) is 5.92 Å². The van der Waals surface area contributed by atoms with E-state index in [2.05, 4.69) is 10.6 Å². The van der Waals surface area contributed by atoms with Crippen LogP contribution in [0.2, 0.25) is 10.0 Å². The Bertz CT molecular complexity index is 750. The molecule has 25 heavy (non-hydrogen) atoms. The van der Waals surface area contributed by atoms with Crippen molar-refractivity contribution in [2.75, 3.05) is 10.6 Å². The minimum Gasteiger partial charge on any atom is -0.325 e. The summed E-state index contributed by atoms with van der Waals surface area (Å²) < 4.78 is 0. The van der Waals surface area contributed by atoms with Gasteiger partial charge in [-0.3, -0.25) is 9.59 Å². The van der Waals surface area contributed by atoms with Gasteiger partial charge in [-0.1, -0.05) is 54.4 Å². The number of anilines is 2. The molecule has 132 valence electrons. The first-order valence-electron chi connectivity index (χ1n) is 8.04. The Morgan fingerprint density at radius 3 is 1.88 bits per heavy atom. The fourth-order valence-electron chi connectivity index (χ4n) is 2.34. The Labute approximate surface area is 157 Å². The third-order valence-electron chi connectivity index (χ3n) is 3.69. The molecule has 0 unspecified atom stereocenters. The van der Waals surface area contributed by atoms with Crippen LogP contribution in [0.25, 0.3) is 0 Å². The summed E-state index contributed by atoms with van der Waals surface area (Å²) in [6.07, 6.45) is 1.25. The standard InChI is InChI=1S/C19H20Cl2N2O2/c1-13(12-19(25)23-17-9-5-3-7-15(17)21)10-11-18(24)22-16-8-4-2-6-14(16)20/h2-9,13H,10-12H2,1H3,(H,22,24)(H,23,25)/t13-/m1/s1. The SMILES string of the molecule is C[C@H](CCC(=O)Nc1ccccc1Cl)CC(=O)Nc1ccccc1Cl. The number of carbonyl (C=O) groups is 2. The molecular formula is C19H20Cl2N2O2. The maximum atomic E-state index is 12.1. The number of rotatable bonds is 7. The van der Waals surface area contributed by atoms with E-state index in [1.807, 2.05) is 19.1 Å². The first-order chi connectivity index (χ1) is 12.0. The number of para-hydroxylation sites is 2. The highest BCUT2D eigenvalue weighted by Crippen LogP contribution is 2.23. The molecule has 0 radical (unpaired) electrons. The van der Waals surface area contributed by atoms with Crippen LogP contribution in [-0.4, -0.2) is 11.8 Å². The molecule has 0 fully saturated rings. The number of halogens is 2. The van der Waals surface area contributed by atoms with Gasteiger partial charge in [0.15, 0.2) is 0 Å². The Kier molecular flexibility index (Phi) is 7.29. The molecule has 0 saturated carbocycles. The molecule has 0 aliphatic carbocycles. The lowest BCUT2D eigenvalue weighted by Crippen LogP contribution is -2.17. The predicted octanol–water partition coefficient (Wildman–Crippen LogP) is 5.38. The molecule has 2 aromatic rings. The molecule has 2 rings (SSSR count). The van der Waals surface area contributed by atoms with E-state index in [1.165, 1.54) is 0 Å². The van der Waals surface area contributed by atoms with E-state index in [1.54, 1.807) is 36.4 Å². The number of nitrogens with one attached hydrogen (secondary N) is 2. The first kappa shape index (κ1) is 19.3. The van der Waals surface area contributed by atoms with Crippen LogP contribution < -0.4 is 10.6 Å². The second kappa shape index (κ2) is 9.44. The third kappa shape index (κ3) is 6.40. The quantitative estimate of drug-likeness (QED) is 0.679. The van der Waals surface area contributed by atoms with Gasteiger partial charge in [0.25, 0.3) is 0 Å². The lowest BCUT2D eigenvalue weighted by molar-refractivity contribution is -0.118. The number of benzene rings is 2. The van der Waals surface area contributed by atoms with Crippen molar-refractivity contribution in [3.05, 3.63) is 58.6 Å². The summed E-state index contributed by atoms with van der Waals surface area (Å²) in [5, 5.41) is 6.57. The predicted molar refractivity (Wildman–Crippen MR) is 103 cm³/mol. The van der Waals surface area contributed by atoms with Crippen LogP contribution in [-0.2, 0) is 9.59 Å². The van der Waals surface area contributed by atoms with Crippen molar-refractivity contribution in [2.45, 2.75) is 26.2 Å². The summed E-state index contributed by atoms with van der Waals surface area (Å²) in [5.41, 5.74) is 1.19. The summed E-state index contributed by atoms with van der Waals surface area (Å²) in [5.74, 6) is -0.168. The van der Waals surface area contributed by atoms with Crippen LogP contribution >= 0.6 is 23.2 Å². The molecule has 4 nitrogen and oxygen atoms in total. The molecule has 0 aromatic heterocycles. The first-order valence-corrected chi connectivity index (χ1v) is 8.80. The lowest BCUT2D eigenvalue weighted by Gasteiger charge is -2.12. The molecule has 6 heteroatoms. The molecule has 2 aromatic carbocycles. The highest BCUT2D eigenvalue weighted by atomic mass is 35.5. The van der Waals surface area contributed by atoms with Gasteiger partial charge < -0.3 is 10.6 Å². The monoisotopic (exact) mass is 378 g/mol. The van der Waals surface area contributed by atoms with Crippen LogP contribution in [0.4, 0.5) is 11.4 Å². The fourth-order valence-corrected chi connectivity index (χ4v) is 2.70. The molecule has 2 N–H and O–H groups in total. The molecule has 2 amide bonds. The van der Waals surface area contributed by atoms with Crippen LogP contribution in [0.15, 0.2) is 48.5 Å². The fraction of sp³-hybridized carbons (Fsp3) is 0.263. The van der Waals surface area contributed by atoms with E-state index >= 15 is 0 Å². The summed E-state index contributed by atoms with van der Waals surface area (Å²) in [7, 11) is 0. The third-order valence-corrected chi connectivity index (χ3v) is 4.35. The van der Waals surface area contributed by atoms with Crippen molar-refractivity contribution >= 4 is 46.4 Å². The zero-order valence-electron chi connectivity index (χ0n) is 13.9. The van der Waals surface area contributed by atoms with Gasteiger partial charge in [0.2, 0.25) is 11.8 Å². The van der Waals surface area contributed by atoms with Crippen molar-refractivity contribution in [3.8, 4) is 0 Å². The second-order valence-electron chi connectivity index (χ2n) is 5.90. The minimum atomic E-state index is -0.119. The van der Waals surface area contributed by atoms with Crippen molar-refractivity contribution in [2.24, 2.45) is 5.92 Å². The number of amides is 2. The van der Waals surface area contributed by atoms with Crippen molar-refractivity contribution in [3.63, 3.8) is 0 Å². The van der Waals surface area contributed by atoms with E-state index in [0.717, 1.165) is 0 Å². The highest BCUT2D eigenvalue weighted by Gasteiger charge is 2.13. The summed E-state index contributed by atoms with van der Waals surface area (Å²) in [6, 6.07) is 14.2. The van der Waals surface area contributed by atoms with Gasteiger partial charge in [-0.2, -0.15) is 0 Å². The maximum absolute atomic E-state index is 12.1. The van der Waals surface area contributed by atoms with E-state index in [9.17, 15) is 9.59 Å². The van der Waals surface area contributed by atoms with Crippen molar-refractivity contribution in [1.82, 2.24) is 0 Å². The average molecular weight is 379 g/mol. The van der Waals surface area contributed by atoms with Crippen LogP contribution in [0.1, 0.15) is 26.2 Å². The Morgan fingerprint density at radius 1 is 0.880 bits per heavy atom. The normalized spacial score (nSPS) is 11.6. The van der Waals surface area contributed by atoms with Gasteiger partial charge in [-0.05, 0) is 36.6 Å². The molecule has 1 atom stereocenters. The number of carbonyl (C=O) groups excluding carboxylic acids is 2. The zero-order chi connectivity index (χ0) is 18.2. The van der Waals surface area contributed by atoms with E-state index < -0.39 is 0 Å². The van der Waals surface area contributed by atoms with Gasteiger partial charge >= 0.3 is 0 Å². The Morgan fingerprint density at radius 2 is 1.36 bits per heavy atom. The molecule has 0 spiro atoms. The second-order valence-corrected chi connectivity index (χ2v) is 6.72. The van der Waals surface area contributed by atoms with Crippen LogP contribution in [0.5, 0.6) is 0 Å². The Balaban J connectivity index is 1.75. The molecule has 0 bridgehead atoms. The lowest BCUT2D eigenvalue weighted by atomic mass is 10.0. The average Bonchev–Trinajstić information content (AvgIpc) is 2.57. The van der Waals surface area contributed by atoms with Gasteiger partial charge in [0, 0.05) is 12.8 Å². The van der Waals surface area contributed by atoms with Crippen molar-refractivity contribution in [1.29, 1.82) is 0 Å². The summed E-state index contributed by atoms with van der Waals surface area (Å²) in [6.45, 7) is 1.94. The molecule has 0 aliphatic heterocycles. The highest BCUT2D eigenvalue weighted by molar-refractivity contribution is 6.34. The summed E-state index contributed by atoms with van der Waals surface area (Å²) in [4.78, 5) is 24.1. The molecular weight excluding hydrogens is 359 g/mol. The maximum Gasteiger partial charge on any atom is 0.224 e. The van der Waals surface area contributed by atoms with E-state index in [-0.39, 0.29) is 17.7 Å². The van der Waals surface area contributed by atoms with E-state index in [0.29, 0.717) is 40.7 Å². The van der Waals surface area contributed by atoms with Gasteiger partial charge in [-0.15, -0.1) is 0 Å². The number of hydrogen-bond acceptors (Lipinski definition) is 2. The minimum absolute atomic E-state index is 0.0690. The molecule has 0 saturated heterocycles. The van der Waals surface area contributed by atoms with Gasteiger partial charge in [-0.25, -0.2) is 0 Å².